The van der Waals surface area contributed by atoms with E-state index in [1.54, 1.807) is 13.8 Å². The lowest BCUT2D eigenvalue weighted by atomic mass is 10.0. The largest absolute Gasteiger partial charge is 0.289 e. The highest BCUT2D eigenvalue weighted by molar-refractivity contribution is 6.07. The Morgan fingerprint density at radius 3 is 2.54 bits per heavy atom. The molecule has 0 aliphatic rings. The molecule has 1 nitrogen and oxygen atoms in total. The van der Waals surface area contributed by atoms with E-state index in [0.29, 0.717) is 16.7 Å². The third kappa shape index (κ3) is 2.02. The number of ketones is 1. The topological polar surface area (TPSA) is 17.1 Å². The minimum absolute atomic E-state index is 0.136. The normalized spacial score (nSPS) is 9.77. The van der Waals surface area contributed by atoms with Crippen molar-refractivity contribution in [1.29, 1.82) is 0 Å². The Labute approximate surface area is 76.9 Å². The number of allylic oxidation sites excluding steroid dienone is 1. The van der Waals surface area contributed by atoms with Crippen LogP contribution in [0.1, 0.15) is 22.8 Å². The van der Waals surface area contributed by atoms with Crippen molar-refractivity contribution in [3.05, 3.63) is 47.3 Å². The summed E-state index contributed by atoms with van der Waals surface area (Å²) in [6, 6.07) is 4.30. The van der Waals surface area contributed by atoms with E-state index >= 15 is 0 Å². The second-order valence-corrected chi connectivity index (χ2v) is 3.07. The molecular weight excluding hydrogens is 167 g/mol. The second-order valence-electron chi connectivity index (χ2n) is 3.07. The summed E-state index contributed by atoms with van der Waals surface area (Å²) in [6.07, 6.45) is 0. The summed E-state index contributed by atoms with van der Waals surface area (Å²) in [4.78, 5) is 11.4. The smallest absolute Gasteiger partial charge is 0.188 e. The van der Waals surface area contributed by atoms with Crippen LogP contribution in [0.15, 0.2) is 30.4 Å². The molecule has 0 heterocycles. The zero-order valence-electron chi connectivity index (χ0n) is 7.73. The maximum absolute atomic E-state index is 12.8. The standard InChI is InChI=1S/C11H11FO/c1-7(2)11(13)9-4-5-10(12)8(3)6-9/h4-6H,1H2,2-3H3. The Kier molecular flexibility index (Phi) is 2.61. The fourth-order valence-electron chi connectivity index (χ4n) is 1.03. The second kappa shape index (κ2) is 3.52. The molecule has 68 valence electrons. The molecular formula is C11H11FO. The van der Waals surface area contributed by atoms with E-state index in [-0.39, 0.29) is 11.6 Å². The quantitative estimate of drug-likeness (QED) is 0.502. The van der Waals surface area contributed by atoms with Crippen LogP contribution < -0.4 is 0 Å². The summed E-state index contributed by atoms with van der Waals surface area (Å²) < 4.78 is 12.8. The predicted octanol–water partition coefficient (Wildman–Crippen LogP) is 2.89. The van der Waals surface area contributed by atoms with Gasteiger partial charge in [0.1, 0.15) is 5.82 Å². The van der Waals surface area contributed by atoms with Crippen molar-refractivity contribution in [2.24, 2.45) is 0 Å². The molecule has 0 aliphatic heterocycles. The van der Waals surface area contributed by atoms with Crippen LogP contribution in [0.2, 0.25) is 0 Å². The van der Waals surface area contributed by atoms with Gasteiger partial charge in [-0.3, -0.25) is 4.79 Å². The molecule has 1 aromatic rings. The molecule has 0 bridgehead atoms. The third-order valence-corrected chi connectivity index (χ3v) is 1.81. The third-order valence-electron chi connectivity index (χ3n) is 1.81. The van der Waals surface area contributed by atoms with Crippen molar-refractivity contribution in [2.45, 2.75) is 13.8 Å². The Morgan fingerprint density at radius 2 is 2.08 bits per heavy atom. The molecule has 0 radical (unpaired) electrons. The maximum atomic E-state index is 12.8. The highest BCUT2D eigenvalue weighted by atomic mass is 19.1. The first-order valence-corrected chi connectivity index (χ1v) is 3.98. The number of carbonyl (C=O) groups is 1. The zero-order chi connectivity index (χ0) is 10.0. The molecule has 0 unspecified atom stereocenters. The number of carbonyl (C=O) groups excluding carboxylic acids is 1. The molecule has 1 rings (SSSR count). The van der Waals surface area contributed by atoms with Crippen molar-refractivity contribution in [3.63, 3.8) is 0 Å². The van der Waals surface area contributed by atoms with Crippen molar-refractivity contribution in [3.8, 4) is 0 Å². The summed E-state index contributed by atoms with van der Waals surface area (Å²) >= 11 is 0. The van der Waals surface area contributed by atoms with Gasteiger partial charge in [-0.25, -0.2) is 4.39 Å². The summed E-state index contributed by atoms with van der Waals surface area (Å²) in [6.45, 7) is 6.81. The monoisotopic (exact) mass is 178 g/mol. The molecule has 0 fully saturated rings. The molecule has 0 saturated heterocycles. The van der Waals surface area contributed by atoms with Crippen LogP contribution in [0.4, 0.5) is 4.39 Å². The highest BCUT2D eigenvalue weighted by Crippen LogP contribution is 2.12. The van der Waals surface area contributed by atoms with Gasteiger partial charge >= 0.3 is 0 Å². The van der Waals surface area contributed by atoms with Crippen molar-refractivity contribution < 1.29 is 9.18 Å². The van der Waals surface area contributed by atoms with Crippen LogP contribution >= 0.6 is 0 Å². The molecule has 0 atom stereocenters. The van der Waals surface area contributed by atoms with E-state index in [2.05, 4.69) is 6.58 Å². The van der Waals surface area contributed by atoms with Crippen LogP contribution in [0.5, 0.6) is 0 Å². The molecule has 0 spiro atoms. The molecule has 0 aromatic heterocycles. The van der Waals surface area contributed by atoms with Crippen LogP contribution in [0.3, 0.4) is 0 Å². The zero-order valence-corrected chi connectivity index (χ0v) is 7.73. The number of hydrogen-bond donors (Lipinski definition) is 0. The van der Waals surface area contributed by atoms with Crippen molar-refractivity contribution >= 4 is 5.78 Å². The Balaban J connectivity index is 3.11. The number of halogens is 1. The minimum atomic E-state index is -0.293. The lowest BCUT2D eigenvalue weighted by Gasteiger charge is -2.01. The van der Waals surface area contributed by atoms with Gasteiger partial charge in [-0.15, -0.1) is 0 Å². The molecule has 0 aliphatic carbocycles. The SMILES string of the molecule is C=C(C)C(=O)c1ccc(F)c(C)c1. The fraction of sp³-hybridized carbons (Fsp3) is 0.182. The molecule has 13 heavy (non-hydrogen) atoms. The summed E-state index contributed by atoms with van der Waals surface area (Å²) in [5, 5.41) is 0. The van der Waals surface area contributed by atoms with Crippen LogP contribution in [0, 0.1) is 12.7 Å². The lowest BCUT2D eigenvalue weighted by Crippen LogP contribution is -2.00. The average molecular weight is 178 g/mol. The first kappa shape index (κ1) is 9.65. The Hall–Kier alpha value is -1.44. The molecule has 0 amide bonds. The van der Waals surface area contributed by atoms with Gasteiger partial charge in [0, 0.05) is 5.56 Å². The molecule has 2 heteroatoms. The first-order valence-electron chi connectivity index (χ1n) is 3.98. The van der Waals surface area contributed by atoms with Crippen LogP contribution in [0.25, 0.3) is 0 Å². The van der Waals surface area contributed by atoms with E-state index in [4.69, 9.17) is 0 Å². The maximum Gasteiger partial charge on any atom is 0.188 e. The van der Waals surface area contributed by atoms with Crippen molar-refractivity contribution in [2.75, 3.05) is 0 Å². The number of rotatable bonds is 2. The Morgan fingerprint density at radius 1 is 1.46 bits per heavy atom. The number of benzene rings is 1. The van der Waals surface area contributed by atoms with Crippen molar-refractivity contribution in [1.82, 2.24) is 0 Å². The lowest BCUT2D eigenvalue weighted by molar-refractivity contribution is 0.103. The van der Waals surface area contributed by atoms with E-state index in [1.807, 2.05) is 0 Å². The van der Waals surface area contributed by atoms with Crippen LogP contribution in [-0.2, 0) is 0 Å². The van der Waals surface area contributed by atoms with Gasteiger partial charge in [0.05, 0.1) is 0 Å². The average Bonchev–Trinajstić information content (AvgIpc) is 2.08. The number of Topliss-reactive ketones (excluding diaryl/α,β-unsaturated/α-hetero) is 1. The van der Waals surface area contributed by atoms with Gasteiger partial charge in [-0.2, -0.15) is 0 Å². The highest BCUT2D eigenvalue weighted by Gasteiger charge is 2.07. The van der Waals surface area contributed by atoms with Gasteiger partial charge in [0.15, 0.2) is 5.78 Å². The van der Waals surface area contributed by atoms with Gasteiger partial charge in [-0.05, 0) is 43.2 Å². The van der Waals surface area contributed by atoms with Gasteiger partial charge in [0.25, 0.3) is 0 Å². The van der Waals surface area contributed by atoms with E-state index < -0.39 is 0 Å². The van der Waals surface area contributed by atoms with E-state index in [1.165, 1.54) is 18.2 Å². The molecule has 0 saturated carbocycles. The van der Waals surface area contributed by atoms with Gasteiger partial charge in [-0.1, -0.05) is 6.58 Å². The van der Waals surface area contributed by atoms with Gasteiger partial charge < -0.3 is 0 Å². The number of aryl methyl sites for hydroxylation is 1. The predicted molar refractivity (Wildman–Crippen MR) is 50.3 cm³/mol. The summed E-state index contributed by atoms with van der Waals surface area (Å²) in [7, 11) is 0. The minimum Gasteiger partial charge on any atom is -0.289 e. The first-order chi connectivity index (χ1) is 6.02. The fourth-order valence-corrected chi connectivity index (χ4v) is 1.03. The summed E-state index contributed by atoms with van der Waals surface area (Å²) in [5.74, 6) is -0.429. The van der Waals surface area contributed by atoms with E-state index in [9.17, 15) is 9.18 Å². The number of hydrogen-bond acceptors (Lipinski definition) is 1. The van der Waals surface area contributed by atoms with E-state index in [0.717, 1.165) is 0 Å². The Bertz CT molecular complexity index is 366. The van der Waals surface area contributed by atoms with Gasteiger partial charge in [0.2, 0.25) is 0 Å². The molecule has 1 aromatic carbocycles. The summed E-state index contributed by atoms with van der Waals surface area (Å²) in [5.41, 5.74) is 1.43. The van der Waals surface area contributed by atoms with Crippen LogP contribution in [-0.4, -0.2) is 5.78 Å². The molecule has 0 N–H and O–H groups in total.